The average Bonchev–Trinajstić information content (AvgIpc) is 3.97. The summed E-state index contributed by atoms with van der Waals surface area (Å²) in [6, 6.07) is 0. The fourth-order valence-electron chi connectivity index (χ4n) is 7.44. The van der Waals surface area contributed by atoms with Crippen molar-refractivity contribution < 1.29 is 26.3 Å². The lowest BCUT2D eigenvalue weighted by atomic mass is 10.1. The van der Waals surface area contributed by atoms with Crippen LogP contribution in [0.2, 0.25) is 0 Å². The molecule has 6 bridgehead atoms. The predicted molar refractivity (Wildman–Crippen MR) is 272 cm³/mol. The van der Waals surface area contributed by atoms with E-state index in [1.807, 2.05) is 41.5 Å². The minimum atomic E-state index is -0.774. The van der Waals surface area contributed by atoms with Crippen LogP contribution in [0.1, 0.15) is 119 Å². The van der Waals surface area contributed by atoms with E-state index in [1.54, 1.807) is 0 Å². The summed E-state index contributed by atoms with van der Waals surface area (Å²) >= 11 is 7.25. The van der Waals surface area contributed by atoms with Crippen molar-refractivity contribution in [2.75, 3.05) is 34.5 Å². The Hall–Kier alpha value is -2.64. The zero-order chi connectivity index (χ0) is 47.1. The van der Waals surface area contributed by atoms with Gasteiger partial charge in [0.25, 0.3) is 0 Å². The van der Waals surface area contributed by atoms with Crippen molar-refractivity contribution in [3.63, 3.8) is 0 Å². The Morgan fingerprint density at radius 2 is 0.545 bits per heavy atom. The molecule has 3 aromatic carbocycles. The number of fused-ring (bicyclic) bond motifs is 15. The SMILES string of the molecule is CCCCSc1c(F)c2c(c(F)c1SCCCC)-c1nc-2nc2[nH]c(nc3[nH]c(n1)c1c(F)c(SCCCC)c(SCCCC)c(F)c31)c1c(F)c(SCCCC)c(SCCCC)c(F)c21. The van der Waals surface area contributed by atoms with Crippen molar-refractivity contribution >= 4 is 115 Å². The second kappa shape index (κ2) is 23.8. The summed E-state index contributed by atoms with van der Waals surface area (Å²) in [6.07, 6.45) is 9.59. The van der Waals surface area contributed by atoms with Gasteiger partial charge in [-0.05, 0) is 73.0 Å². The molecule has 356 valence electrons. The Morgan fingerprint density at radius 1 is 0.318 bits per heavy atom. The molecule has 1 aliphatic rings. The van der Waals surface area contributed by atoms with Gasteiger partial charge in [0.15, 0.2) is 11.6 Å². The molecule has 3 aromatic heterocycles. The van der Waals surface area contributed by atoms with Gasteiger partial charge in [-0.25, -0.2) is 46.3 Å². The third kappa shape index (κ3) is 10.3. The van der Waals surface area contributed by atoms with Crippen molar-refractivity contribution in [2.24, 2.45) is 0 Å². The molecule has 1 aliphatic heterocycles. The van der Waals surface area contributed by atoms with Crippen molar-refractivity contribution in [1.82, 2.24) is 29.9 Å². The molecule has 0 spiro atoms. The number of H-pyrrole nitrogens is 2. The van der Waals surface area contributed by atoms with Gasteiger partial charge < -0.3 is 9.97 Å². The molecule has 0 saturated heterocycles. The highest BCUT2D eigenvalue weighted by Crippen LogP contribution is 2.50. The third-order valence-electron chi connectivity index (χ3n) is 11.1. The lowest BCUT2D eigenvalue weighted by Crippen LogP contribution is -2.00. The molecule has 66 heavy (non-hydrogen) atoms. The molecule has 0 atom stereocenters. The molecular formula is C48H56F6N6S6. The first-order valence-corrected chi connectivity index (χ1v) is 29.0. The Morgan fingerprint density at radius 3 is 0.788 bits per heavy atom. The first-order valence-electron chi connectivity index (χ1n) is 23.1. The van der Waals surface area contributed by atoms with Crippen LogP contribution in [0.15, 0.2) is 29.4 Å². The standard InChI is InChI=1S/C48H56F6N6S6/c1-7-13-19-61-37-31(49)25-26(32(50)38(37)62-20-14-8-2)44-55-43(25)58-45-27-28(34(52)40(64-22-16-10-4)39(33(27)51)63-21-15-9-3)47(56-45)60-48-30-29(46(57-48)59-44)35(53)41(65-23-17-11-5)42(36(30)54)66-24-18-12-6/h7-24H2,1-6H3,(H2,55,56,57,58,59,60). The maximum Gasteiger partial charge on any atom is 0.167 e. The predicted octanol–water partition coefficient (Wildman–Crippen LogP) is 17.5. The quantitative estimate of drug-likeness (QED) is 0.0347. The second-order valence-corrected chi connectivity index (χ2v) is 22.7. The Balaban J connectivity index is 1.68. The van der Waals surface area contributed by atoms with Crippen LogP contribution in [0.3, 0.4) is 0 Å². The van der Waals surface area contributed by atoms with Crippen molar-refractivity contribution in [1.29, 1.82) is 0 Å². The van der Waals surface area contributed by atoms with Gasteiger partial charge in [0.1, 0.15) is 57.5 Å². The van der Waals surface area contributed by atoms with E-state index >= 15 is 26.3 Å². The number of nitrogens with one attached hydrogen (secondary N) is 2. The molecule has 0 unspecified atom stereocenters. The molecule has 0 radical (unpaired) electrons. The molecule has 0 fully saturated rings. The first-order chi connectivity index (χ1) is 32.1. The summed E-state index contributed by atoms with van der Waals surface area (Å²) in [7, 11) is 0. The summed E-state index contributed by atoms with van der Waals surface area (Å²) < 4.78 is 105. The fraction of sp³-hybridized carbons (Fsp3) is 0.500. The first kappa shape index (κ1) is 51.2. The smallest absolute Gasteiger partial charge is 0.167 e. The molecule has 6 nitrogen and oxygen atoms in total. The highest BCUT2D eigenvalue weighted by Gasteiger charge is 2.35. The number of nitrogens with zero attached hydrogens (tertiary/aromatic N) is 4. The Labute approximate surface area is 408 Å². The van der Waals surface area contributed by atoms with E-state index in [9.17, 15) is 0 Å². The highest BCUT2D eigenvalue weighted by molar-refractivity contribution is 8.03. The van der Waals surface area contributed by atoms with Gasteiger partial charge in [0, 0.05) is 0 Å². The van der Waals surface area contributed by atoms with Crippen molar-refractivity contribution in [3.8, 4) is 22.8 Å². The molecule has 2 N–H and O–H groups in total. The van der Waals surface area contributed by atoms with Crippen molar-refractivity contribution in [3.05, 3.63) is 34.9 Å². The summed E-state index contributed by atoms with van der Waals surface area (Å²) in [4.78, 5) is 25.5. The molecule has 0 amide bonds. The summed E-state index contributed by atoms with van der Waals surface area (Å²) in [5.74, 6) is -2.09. The number of hydrogen-bond donors (Lipinski definition) is 2. The van der Waals surface area contributed by atoms with Gasteiger partial charge >= 0.3 is 0 Å². The Kier molecular flexibility index (Phi) is 18.5. The van der Waals surface area contributed by atoms with Crippen LogP contribution in [0.5, 0.6) is 0 Å². The van der Waals surface area contributed by atoms with E-state index in [4.69, 9.17) is 15.0 Å². The second-order valence-electron chi connectivity index (χ2n) is 16.1. The topological polar surface area (TPSA) is 83.1 Å². The van der Waals surface area contributed by atoms with Gasteiger partial charge in [-0.3, -0.25) is 0 Å². The number of rotatable bonds is 24. The molecule has 6 aromatic rings. The minimum Gasteiger partial charge on any atom is -0.324 e. The van der Waals surface area contributed by atoms with E-state index in [1.165, 1.54) is 70.6 Å². The number of hydrogen-bond acceptors (Lipinski definition) is 10. The molecule has 18 heteroatoms. The van der Waals surface area contributed by atoms with Gasteiger partial charge in [0.2, 0.25) is 0 Å². The average molecular weight is 1020 g/mol. The van der Waals surface area contributed by atoms with Crippen LogP contribution in [0, 0.1) is 34.9 Å². The maximum atomic E-state index is 17.5. The van der Waals surface area contributed by atoms with Crippen LogP contribution in [-0.2, 0) is 0 Å². The van der Waals surface area contributed by atoms with Crippen LogP contribution >= 0.6 is 70.6 Å². The number of aromatic nitrogens is 6. The molecule has 4 heterocycles. The van der Waals surface area contributed by atoms with Crippen LogP contribution in [-0.4, -0.2) is 64.4 Å². The zero-order valence-electron chi connectivity index (χ0n) is 38.2. The van der Waals surface area contributed by atoms with Gasteiger partial charge in [-0.2, -0.15) is 0 Å². The van der Waals surface area contributed by atoms with E-state index in [0.717, 1.165) is 77.0 Å². The van der Waals surface area contributed by atoms with Gasteiger partial charge in [-0.15, -0.1) is 70.6 Å². The lowest BCUT2D eigenvalue weighted by Gasteiger charge is -2.15. The van der Waals surface area contributed by atoms with E-state index in [-0.39, 0.29) is 96.3 Å². The Bertz CT molecular complexity index is 2620. The number of benzene rings is 3. The van der Waals surface area contributed by atoms with Gasteiger partial charge in [0.05, 0.1) is 62.0 Å². The summed E-state index contributed by atoms with van der Waals surface area (Å²) in [5, 5.41) is -1.05. The lowest BCUT2D eigenvalue weighted by molar-refractivity contribution is 0.556. The number of unbranched alkanes of at least 4 members (excludes halogenated alkanes) is 6. The summed E-state index contributed by atoms with van der Waals surface area (Å²) in [5.41, 5.74) is -1.50. The number of thioether (sulfide) groups is 6. The molecule has 7 rings (SSSR count). The van der Waals surface area contributed by atoms with Crippen LogP contribution in [0.25, 0.3) is 66.9 Å². The van der Waals surface area contributed by atoms with Crippen LogP contribution < -0.4 is 0 Å². The van der Waals surface area contributed by atoms with E-state index < -0.39 is 34.9 Å². The van der Waals surface area contributed by atoms with E-state index in [2.05, 4.69) is 15.0 Å². The number of halogens is 6. The zero-order valence-corrected chi connectivity index (χ0v) is 43.1. The van der Waals surface area contributed by atoms with Crippen molar-refractivity contribution in [2.45, 2.75) is 148 Å². The third-order valence-corrected chi connectivity index (χ3v) is 18.5. The summed E-state index contributed by atoms with van der Waals surface area (Å²) in [6.45, 7) is 12.1. The number of aromatic amines is 2. The highest BCUT2D eigenvalue weighted by atomic mass is 32.2. The monoisotopic (exact) mass is 1020 g/mol. The fourth-order valence-corrected chi connectivity index (χ4v) is 15.0. The largest absolute Gasteiger partial charge is 0.324 e. The molecule has 0 aliphatic carbocycles. The van der Waals surface area contributed by atoms with E-state index in [0.29, 0.717) is 34.5 Å². The molecular weight excluding hydrogens is 967 g/mol. The maximum absolute atomic E-state index is 17.5. The normalized spacial score (nSPS) is 12.2. The minimum absolute atomic E-state index is 0.101. The van der Waals surface area contributed by atoms with Crippen LogP contribution in [0.4, 0.5) is 26.3 Å². The van der Waals surface area contributed by atoms with Gasteiger partial charge in [-0.1, -0.05) is 80.1 Å². The molecule has 0 saturated carbocycles.